The van der Waals surface area contributed by atoms with Crippen molar-refractivity contribution in [1.82, 2.24) is 24.6 Å². The second-order valence-corrected chi connectivity index (χ2v) is 6.17. The minimum absolute atomic E-state index is 0.0874. The Kier molecular flexibility index (Phi) is 4.09. The van der Waals surface area contributed by atoms with Crippen molar-refractivity contribution in [3.05, 3.63) is 36.7 Å². The van der Waals surface area contributed by atoms with E-state index in [4.69, 9.17) is 4.42 Å². The van der Waals surface area contributed by atoms with Crippen molar-refractivity contribution in [1.29, 1.82) is 0 Å². The molecule has 1 N–H and O–H groups in total. The minimum Gasteiger partial charge on any atom is -0.441 e. The molecule has 0 spiro atoms. The molecule has 1 aromatic carbocycles. The number of urea groups is 1. The van der Waals surface area contributed by atoms with Crippen LogP contribution in [0.25, 0.3) is 11.1 Å². The van der Waals surface area contributed by atoms with Gasteiger partial charge in [-0.25, -0.2) is 19.4 Å². The molecular formula is C17H20N6O2. The summed E-state index contributed by atoms with van der Waals surface area (Å²) in [6.07, 6.45) is 5.77. The Morgan fingerprint density at radius 1 is 1.36 bits per heavy atom. The Morgan fingerprint density at radius 2 is 2.20 bits per heavy atom. The third-order valence-electron chi connectivity index (χ3n) is 4.55. The average Bonchev–Trinajstić information content (AvgIpc) is 3.31. The molecule has 1 aliphatic rings. The van der Waals surface area contributed by atoms with Crippen LogP contribution >= 0.6 is 0 Å². The smallest absolute Gasteiger partial charge is 0.321 e. The van der Waals surface area contributed by atoms with Gasteiger partial charge in [0.1, 0.15) is 18.2 Å². The van der Waals surface area contributed by atoms with Gasteiger partial charge in [0.2, 0.25) is 0 Å². The van der Waals surface area contributed by atoms with Crippen molar-refractivity contribution < 1.29 is 9.21 Å². The fraction of sp³-hybridized carbons (Fsp3) is 0.412. The molecule has 8 heteroatoms. The normalized spacial score (nSPS) is 15.6. The lowest BCUT2D eigenvalue weighted by molar-refractivity contribution is 0.180. The van der Waals surface area contributed by atoms with Crippen LogP contribution in [-0.4, -0.2) is 43.8 Å². The van der Waals surface area contributed by atoms with Gasteiger partial charge in [-0.15, -0.1) is 0 Å². The number of benzene rings is 1. The van der Waals surface area contributed by atoms with Crippen LogP contribution in [0.3, 0.4) is 0 Å². The topological polar surface area (TPSA) is 89.1 Å². The highest BCUT2D eigenvalue weighted by Crippen LogP contribution is 2.23. The summed E-state index contributed by atoms with van der Waals surface area (Å²) in [6.45, 7) is 3.39. The van der Waals surface area contributed by atoms with E-state index >= 15 is 0 Å². The molecular weight excluding hydrogens is 320 g/mol. The highest BCUT2D eigenvalue weighted by atomic mass is 16.3. The van der Waals surface area contributed by atoms with Crippen LogP contribution in [0.5, 0.6) is 0 Å². The molecule has 1 saturated heterocycles. The number of anilines is 1. The molecule has 0 radical (unpaired) electrons. The first-order chi connectivity index (χ1) is 12.2. The second-order valence-electron chi connectivity index (χ2n) is 6.17. The molecule has 0 unspecified atom stereocenters. The van der Waals surface area contributed by atoms with Crippen LogP contribution in [-0.2, 0) is 6.42 Å². The zero-order chi connectivity index (χ0) is 17.2. The van der Waals surface area contributed by atoms with Gasteiger partial charge in [0.05, 0.1) is 6.04 Å². The van der Waals surface area contributed by atoms with E-state index in [1.54, 1.807) is 12.7 Å². The number of nitrogens with zero attached hydrogens (tertiary/aromatic N) is 5. The lowest BCUT2D eigenvalue weighted by Gasteiger charge is -2.31. The Hall–Kier alpha value is -2.90. The molecule has 8 nitrogen and oxygen atoms in total. The van der Waals surface area contributed by atoms with Crippen molar-refractivity contribution in [2.24, 2.45) is 0 Å². The van der Waals surface area contributed by atoms with Crippen LogP contribution in [0.1, 0.15) is 31.7 Å². The summed E-state index contributed by atoms with van der Waals surface area (Å²) in [7, 11) is 0. The van der Waals surface area contributed by atoms with Gasteiger partial charge in [-0.1, -0.05) is 6.92 Å². The molecule has 130 valence electrons. The second kappa shape index (κ2) is 6.54. The van der Waals surface area contributed by atoms with Gasteiger partial charge in [-0.05, 0) is 31.0 Å². The maximum atomic E-state index is 12.5. The zero-order valence-electron chi connectivity index (χ0n) is 14.1. The Labute approximate surface area is 144 Å². The maximum Gasteiger partial charge on any atom is 0.321 e. The van der Waals surface area contributed by atoms with Crippen LogP contribution in [0.2, 0.25) is 0 Å². The highest BCUT2D eigenvalue weighted by molar-refractivity contribution is 5.91. The number of amides is 2. The standard InChI is InChI=1S/C17H20N6O2/c1-2-16-21-14-9-12(3-4-15(14)25-16)20-17(24)22-7-5-13(6-8-22)23-11-18-10-19-23/h3-4,9-11,13H,2,5-8H2,1H3,(H,20,24). The van der Waals surface area contributed by atoms with E-state index in [9.17, 15) is 4.79 Å². The van der Waals surface area contributed by atoms with Crippen molar-refractivity contribution in [3.63, 3.8) is 0 Å². The van der Waals surface area contributed by atoms with Gasteiger partial charge >= 0.3 is 6.03 Å². The number of carbonyl (C=O) groups excluding carboxylic acids is 1. The summed E-state index contributed by atoms with van der Waals surface area (Å²) >= 11 is 0. The van der Waals surface area contributed by atoms with Gasteiger partial charge in [0.25, 0.3) is 0 Å². The molecule has 0 bridgehead atoms. The van der Waals surface area contributed by atoms with E-state index in [1.807, 2.05) is 34.7 Å². The average molecular weight is 340 g/mol. The fourth-order valence-electron chi connectivity index (χ4n) is 3.15. The Balaban J connectivity index is 1.39. The van der Waals surface area contributed by atoms with Gasteiger partial charge in [0, 0.05) is 25.2 Å². The summed E-state index contributed by atoms with van der Waals surface area (Å²) in [6, 6.07) is 5.75. The van der Waals surface area contributed by atoms with Crippen LogP contribution in [0.4, 0.5) is 10.5 Å². The monoisotopic (exact) mass is 340 g/mol. The van der Waals surface area contributed by atoms with E-state index in [0.29, 0.717) is 25.0 Å². The third-order valence-corrected chi connectivity index (χ3v) is 4.55. The molecule has 3 aromatic rings. The van der Waals surface area contributed by atoms with Crippen molar-refractivity contribution >= 4 is 22.8 Å². The lowest BCUT2D eigenvalue weighted by Crippen LogP contribution is -2.41. The first kappa shape index (κ1) is 15.6. The summed E-state index contributed by atoms with van der Waals surface area (Å²) in [5.74, 6) is 0.702. The summed E-state index contributed by atoms with van der Waals surface area (Å²) in [4.78, 5) is 22.7. The summed E-state index contributed by atoms with van der Waals surface area (Å²) in [5.41, 5.74) is 2.23. The number of piperidine rings is 1. The molecule has 0 saturated carbocycles. The number of carbonyl (C=O) groups is 1. The molecule has 4 rings (SSSR count). The van der Waals surface area contributed by atoms with Gasteiger partial charge < -0.3 is 14.6 Å². The molecule has 2 aromatic heterocycles. The maximum absolute atomic E-state index is 12.5. The number of hydrogen-bond donors (Lipinski definition) is 1. The zero-order valence-corrected chi connectivity index (χ0v) is 14.1. The van der Waals surface area contributed by atoms with Crippen LogP contribution in [0, 0.1) is 0 Å². The molecule has 2 amide bonds. The van der Waals surface area contributed by atoms with E-state index in [2.05, 4.69) is 20.4 Å². The number of nitrogens with one attached hydrogen (secondary N) is 1. The fourth-order valence-corrected chi connectivity index (χ4v) is 3.15. The highest BCUT2D eigenvalue weighted by Gasteiger charge is 2.24. The van der Waals surface area contributed by atoms with E-state index < -0.39 is 0 Å². The molecule has 1 aliphatic heterocycles. The van der Waals surface area contributed by atoms with E-state index in [0.717, 1.165) is 36.0 Å². The number of oxazole rings is 1. The largest absolute Gasteiger partial charge is 0.441 e. The molecule has 0 atom stereocenters. The number of aryl methyl sites for hydroxylation is 1. The first-order valence-electron chi connectivity index (χ1n) is 8.52. The third kappa shape index (κ3) is 3.19. The summed E-state index contributed by atoms with van der Waals surface area (Å²) < 4.78 is 7.47. The number of rotatable bonds is 3. The lowest BCUT2D eigenvalue weighted by atomic mass is 10.1. The van der Waals surface area contributed by atoms with Crippen molar-refractivity contribution in [2.75, 3.05) is 18.4 Å². The Morgan fingerprint density at radius 3 is 2.92 bits per heavy atom. The van der Waals surface area contributed by atoms with Gasteiger partial charge in [0.15, 0.2) is 11.5 Å². The molecule has 0 aliphatic carbocycles. The number of hydrogen-bond acceptors (Lipinski definition) is 5. The van der Waals surface area contributed by atoms with Gasteiger partial charge in [-0.2, -0.15) is 5.10 Å². The molecule has 3 heterocycles. The number of aromatic nitrogens is 4. The van der Waals surface area contributed by atoms with Crippen LogP contribution < -0.4 is 5.32 Å². The van der Waals surface area contributed by atoms with Crippen LogP contribution in [0.15, 0.2) is 35.3 Å². The van der Waals surface area contributed by atoms with Crippen molar-refractivity contribution in [3.8, 4) is 0 Å². The minimum atomic E-state index is -0.0874. The number of likely N-dealkylation sites (tertiary alicyclic amines) is 1. The quantitative estimate of drug-likeness (QED) is 0.792. The molecule has 25 heavy (non-hydrogen) atoms. The van der Waals surface area contributed by atoms with E-state index in [1.165, 1.54) is 0 Å². The van der Waals surface area contributed by atoms with Gasteiger partial charge in [-0.3, -0.25) is 0 Å². The molecule has 1 fully saturated rings. The Bertz CT molecular complexity index is 865. The van der Waals surface area contributed by atoms with Crippen molar-refractivity contribution in [2.45, 2.75) is 32.2 Å². The predicted molar refractivity (Wildman–Crippen MR) is 92.3 cm³/mol. The summed E-state index contributed by atoms with van der Waals surface area (Å²) in [5, 5.41) is 7.14. The first-order valence-corrected chi connectivity index (χ1v) is 8.52. The number of fused-ring (bicyclic) bond motifs is 1. The SMILES string of the molecule is CCc1nc2cc(NC(=O)N3CCC(n4cncn4)CC3)ccc2o1. The predicted octanol–water partition coefficient (Wildman–Crippen LogP) is 2.85. The van der Waals surface area contributed by atoms with E-state index in [-0.39, 0.29) is 6.03 Å².